The summed E-state index contributed by atoms with van der Waals surface area (Å²) in [6.07, 6.45) is 1.55. The van der Waals surface area contributed by atoms with Crippen LogP contribution < -0.4 is 20.9 Å². The van der Waals surface area contributed by atoms with Gasteiger partial charge in [0.25, 0.3) is 11.5 Å². The van der Waals surface area contributed by atoms with Gasteiger partial charge in [0.05, 0.1) is 0 Å². The van der Waals surface area contributed by atoms with Crippen LogP contribution in [0.4, 0.5) is 20.2 Å². The minimum Gasteiger partial charge on any atom is -0.454 e. The molecule has 0 spiro atoms. The molecule has 32 heavy (non-hydrogen) atoms. The Bertz CT molecular complexity index is 1330. The first kappa shape index (κ1) is 22.2. The van der Waals surface area contributed by atoms with Crippen molar-refractivity contribution < 1.29 is 18.3 Å². The topological polar surface area (TPSA) is 96.2 Å². The molecule has 0 aliphatic heterocycles. The van der Waals surface area contributed by atoms with Crippen LogP contribution in [0.1, 0.15) is 0 Å². The van der Waals surface area contributed by atoms with Crippen molar-refractivity contribution >= 4 is 17.3 Å². The van der Waals surface area contributed by atoms with E-state index in [1.165, 1.54) is 16.7 Å². The lowest BCUT2D eigenvalue weighted by molar-refractivity contribution is -0.112. The number of aryl methyl sites for hydroxylation is 1. The van der Waals surface area contributed by atoms with Gasteiger partial charge < -0.3 is 19.9 Å². The predicted molar refractivity (Wildman–Crippen MR) is 116 cm³/mol. The monoisotopic (exact) mass is 436 g/mol. The number of amides is 1. The molecule has 0 fully saturated rings. The number of hydrogen-bond donors (Lipinski definition) is 2. The Morgan fingerprint density at radius 3 is 2.53 bits per heavy atom. The minimum atomic E-state index is -0.893. The molecular formula is C23H18F2N4O3. The number of ether oxygens (including phenoxy) is 1. The third-order valence-electron chi connectivity index (χ3n) is 4.52. The maximum atomic E-state index is 14.2. The fourth-order valence-corrected chi connectivity index (χ4v) is 2.89. The molecule has 2 N–H and O–H groups in total. The highest BCUT2D eigenvalue weighted by atomic mass is 19.1. The van der Waals surface area contributed by atoms with E-state index in [1.807, 2.05) is 0 Å². The molecule has 1 aromatic heterocycles. The van der Waals surface area contributed by atoms with E-state index in [0.29, 0.717) is 28.6 Å². The average molecular weight is 436 g/mol. The first-order valence-electron chi connectivity index (χ1n) is 9.29. The molecule has 3 rings (SSSR count). The lowest BCUT2D eigenvalue weighted by atomic mass is 10.0. The van der Waals surface area contributed by atoms with Crippen molar-refractivity contribution in [3.8, 4) is 28.7 Å². The van der Waals surface area contributed by atoms with Crippen LogP contribution in [0, 0.1) is 23.0 Å². The Kier molecular flexibility index (Phi) is 6.35. The van der Waals surface area contributed by atoms with Crippen molar-refractivity contribution in [2.24, 2.45) is 7.05 Å². The van der Waals surface area contributed by atoms with Gasteiger partial charge in [-0.1, -0.05) is 6.58 Å². The van der Waals surface area contributed by atoms with Crippen LogP contribution in [0.2, 0.25) is 0 Å². The number of benzene rings is 2. The number of carbonyl (C=O) groups is 1. The maximum Gasteiger partial charge on any atom is 0.273 e. The van der Waals surface area contributed by atoms with Crippen molar-refractivity contribution in [3.63, 3.8) is 0 Å². The minimum absolute atomic E-state index is 0.188. The van der Waals surface area contributed by atoms with Crippen molar-refractivity contribution in [1.29, 1.82) is 5.26 Å². The lowest BCUT2D eigenvalue weighted by Crippen LogP contribution is -2.19. The smallest absolute Gasteiger partial charge is 0.273 e. The van der Waals surface area contributed by atoms with E-state index >= 15 is 0 Å². The molecule has 2 aromatic carbocycles. The first-order valence-corrected chi connectivity index (χ1v) is 9.29. The van der Waals surface area contributed by atoms with Crippen molar-refractivity contribution in [1.82, 2.24) is 4.57 Å². The van der Waals surface area contributed by atoms with Crippen LogP contribution >= 0.6 is 0 Å². The number of anilines is 2. The van der Waals surface area contributed by atoms with Crippen molar-refractivity contribution in [3.05, 3.63) is 82.8 Å². The third-order valence-corrected chi connectivity index (χ3v) is 4.52. The molecule has 0 unspecified atom stereocenters. The number of carbonyl (C=O) groups excluding carboxylic acids is 1. The molecule has 0 atom stereocenters. The summed E-state index contributed by atoms with van der Waals surface area (Å²) < 4.78 is 34.5. The van der Waals surface area contributed by atoms with Gasteiger partial charge in [0, 0.05) is 43.2 Å². The lowest BCUT2D eigenvalue weighted by Gasteiger charge is -2.16. The van der Waals surface area contributed by atoms with Gasteiger partial charge in [-0.05, 0) is 36.4 Å². The second kappa shape index (κ2) is 9.14. The van der Waals surface area contributed by atoms with Gasteiger partial charge in [-0.2, -0.15) is 5.26 Å². The first-order chi connectivity index (χ1) is 15.2. The second-order valence-corrected chi connectivity index (χ2v) is 6.74. The largest absolute Gasteiger partial charge is 0.454 e. The highest BCUT2D eigenvalue weighted by molar-refractivity contribution is 6.06. The zero-order chi connectivity index (χ0) is 23.4. The number of aromatic nitrogens is 1. The van der Waals surface area contributed by atoms with Gasteiger partial charge in [0.1, 0.15) is 28.9 Å². The number of nitrogens with zero attached hydrogens (tertiary/aromatic N) is 2. The van der Waals surface area contributed by atoms with E-state index in [0.717, 1.165) is 12.1 Å². The van der Waals surface area contributed by atoms with Gasteiger partial charge in [-0.25, -0.2) is 8.78 Å². The van der Waals surface area contributed by atoms with Crippen LogP contribution in [0.25, 0.3) is 11.1 Å². The van der Waals surface area contributed by atoms with Crippen molar-refractivity contribution in [2.45, 2.75) is 0 Å². The molecular weight excluding hydrogens is 418 g/mol. The molecule has 9 heteroatoms. The summed E-state index contributed by atoms with van der Waals surface area (Å²) in [6.45, 7) is 3.37. The number of hydrogen-bond acceptors (Lipinski definition) is 5. The van der Waals surface area contributed by atoms with E-state index in [9.17, 15) is 18.4 Å². The SMILES string of the molecule is C=C(C#N)C(=O)Nc1ccc(Oc2ccc(F)cc2F)c(-c2cc(NC)c(=O)n(C)c2)c1. The van der Waals surface area contributed by atoms with Crippen LogP contribution in [0.3, 0.4) is 0 Å². The summed E-state index contributed by atoms with van der Waals surface area (Å²) in [5, 5.41) is 14.2. The third kappa shape index (κ3) is 4.65. The van der Waals surface area contributed by atoms with E-state index in [4.69, 9.17) is 10.00 Å². The number of halogens is 2. The Hall–Kier alpha value is -4.45. The Labute approximate surface area is 182 Å². The molecule has 3 aromatic rings. The number of rotatable bonds is 6. The summed E-state index contributed by atoms with van der Waals surface area (Å²) in [6, 6.07) is 10.7. The summed E-state index contributed by atoms with van der Waals surface area (Å²) in [4.78, 5) is 24.3. The van der Waals surface area contributed by atoms with Gasteiger partial charge in [-0.15, -0.1) is 0 Å². The Balaban J connectivity index is 2.13. The Morgan fingerprint density at radius 1 is 1.16 bits per heavy atom. The van der Waals surface area contributed by atoms with E-state index in [2.05, 4.69) is 17.2 Å². The van der Waals surface area contributed by atoms with E-state index in [-0.39, 0.29) is 22.6 Å². The standard InChI is InChI=1S/C23H18F2N4O3/c1-13(11-26)22(30)28-16-5-7-20(32-21-6-4-15(24)9-18(21)25)17(10-16)14-8-19(27-2)23(31)29(3)12-14/h4-10,12,27H,1H2,2-3H3,(H,28,30). The van der Waals surface area contributed by atoms with E-state index in [1.54, 1.807) is 38.5 Å². The fraction of sp³-hybridized carbons (Fsp3) is 0.0870. The quantitative estimate of drug-likeness (QED) is 0.446. The summed E-state index contributed by atoms with van der Waals surface area (Å²) in [7, 11) is 3.16. The molecule has 0 saturated heterocycles. The molecule has 0 aliphatic carbocycles. The van der Waals surface area contributed by atoms with E-state index < -0.39 is 17.5 Å². The van der Waals surface area contributed by atoms with Crippen LogP contribution in [0.15, 0.2) is 65.6 Å². The molecule has 0 radical (unpaired) electrons. The van der Waals surface area contributed by atoms with Crippen LogP contribution in [-0.2, 0) is 11.8 Å². The van der Waals surface area contributed by atoms with Gasteiger partial charge >= 0.3 is 0 Å². The normalized spacial score (nSPS) is 10.2. The highest BCUT2D eigenvalue weighted by Crippen LogP contribution is 2.37. The molecule has 0 bridgehead atoms. The zero-order valence-electron chi connectivity index (χ0n) is 17.2. The number of pyridine rings is 1. The van der Waals surface area contributed by atoms with Gasteiger partial charge in [0.2, 0.25) is 0 Å². The number of nitriles is 1. The molecule has 162 valence electrons. The number of nitrogens with one attached hydrogen (secondary N) is 2. The summed E-state index contributed by atoms with van der Waals surface area (Å²) in [5.41, 5.74) is 0.993. The maximum absolute atomic E-state index is 14.2. The summed E-state index contributed by atoms with van der Waals surface area (Å²) in [5.74, 6) is -2.35. The van der Waals surface area contributed by atoms with Crippen LogP contribution in [-0.4, -0.2) is 17.5 Å². The summed E-state index contributed by atoms with van der Waals surface area (Å²) >= 11 is 0. The average Bonchev–Trinajstić information content (AvgIpc) is 2.77. The Morgan fingerprint density at radius 2 is 1.88 bits per heavy atom. The fourth-order valence-electron chi connectivity index (χ4n) is 2.89. The predicted octanol–water partition coefficient (Wildman–Crippen LogP) is 4.18. The molecule has 0 aliphatic rings. The molecule has 7 nitrogen and oxygen atoms in total. The van der Waals surface area contributed by atoms with Gasteiger partial charge in [0.15, 0.2) is 11.6 Å². The zero-order valence-corrected chi connectivity index (χ0v) is 17.2. The van der Waals surface area contributed by atoms with Gasteiger partial charge in [-0.3, -0.25) is 9.59 Å². The highest BCUT2D eigenvalue weighted by Gasteiger charge is 2.16. The molecule has 1 heterocycles. The molecule has 0 saturated carbocycles. The second-order valence-electron chi connectivity index (χ2n) is 6.74. The molecule has 1 amide bonds. The van der Waals surface area contributed by atoms with Crippen molar-refractivity contribution in [2.75, 3.05) is 17.7 Å². The van der Waals surface area contributed by atoms with Crippen LogP contribution in [0.5, 0.6) is 11.5 Å².